The highest BCUT2D eigenvalue weighted by Gasteiger charge is 2.31. The Bertz CT molecular complexity index is 428. The van der Waals surface area contributed by atoms with Crippen LogP contribution in [0.4, 0.5) is 0 Å². The molecule has 0 atom stereocenters. The smallest absolute Gasteiger partial charge is 0.269 e. The number of pyridine rings is 1. The fourth-order valence-corrected chi connectivity index (χ4v) is 2.80. The molecule has 0 aliphatic heterocycles. The molecule has 1 heterocycles. The van der Waals surface area contributed by atoms with Crippen LogP contribution < -0.4 is 5.32 Å². The first-order valence-corrected chi connectivity index (χ1v) is 7.45. The Balaban J connectivity index is 1.93. The number of aliphatic hydroxyl groups excluding tert-OH is 1. The largest absolute Gasteiger partial charge is 0.396 e. The molecule has 1 saturated carbocycles. The fourth-order valence-electron chi connectivity index (χ4n) is 2.56. The molecule has 0 bridgehead atoms. The van der Waals surface area contributed by atoms with Crippen LogP contribution in [0, 0.1) is 5.41 Å². The number of halogens is 1. The van der Waals surface area contributed by atoms with Gasteiger partial charge in [-0.05, 0) is 40.9 Å². The molecular formula is C14H19BrN2O2. The molecule has 1 amide bonds. The number of carbonyl (C=O) groups is 1. The lowest BCUT2D eigenvalue weighted by Crippen LogP contribution is -2.41. The minimum atomic E-state index is -0.175. The number of aliphatic hydroxyl groups is 1. The van der Waals surface area contributed by atoms with E-state index in [1.54, 1.807) is 18.3 Å². The number of carbonyl (C=O) groups excluding carboxylic acids is 1. The van der Waals surface area contributed by atoms with Crippen molar-refractivity contribution in [3.8, 4) is 0 Å². The van der Waals surface area contributed by atoms with Gasteiger partial charge >= 0.3 is 0 Å². The molecule has 1 fully saturated rings. The second-order valence-corrected chi connectivity index (χ2v) is 6.18. The minimum Gasteiger partial charge on any atom is -0.396 e. The Hall–Kier alpha value is -0.940. The Morgan fingerprint density at radius 2 is 2.11 bits per heavy atom. The summed E-state index contributed by atoms with van der Waals surface area (Å²) in [6.45, 7) is 0.668. The van der Waals surface area contributed by atoms with Crippen LogP contribution in [-0.2, 0) is 0 Å². The molecule has 19 heavy (non-hydrogen) atoms. The maximum absolute atomic E-state index is 12.0. The fraction of sp³-hybridized carbons (Fsp3) is 0.571. The highest BCUT2D eigenvalue weighted by atomic mass is 79.9. The zero-order chi connectivity index (χ0) is 13.7. The van der Waals surface area contributed by atoms with E-state index in [0.29, 0.717) is 12.2 Å². The minimum absolute atomic E-state index is 0.136. The van der Waals surface area contributed by atoms with E-state index in [1.165, 1.54) is 6.42 Å². The van der Waals surface area contributed by atoms with Crippen molar-refractivity contribution in [1.29, 1.82) is 0 Å². The molecule has 1 aromatic heterocycles. The summed E-state index contributed by atoms with van der Waals surface area (Å²) in [5.74, 6) is -0.175. The topological polar surface area (TPSA) is 62.2 Å². The SMILES string of the molecule is O=C(NCC1(CO)CCCCC1)c1ccc(Br)cn1. The van der Waals surface area contributed by atoms with E-state index in [9.17, 15) is 9.90 Å². The van der Waals surface area contributed by atoms with Gasteiger partial charge < -0.3 is 10.4 Å². The molecule has 0 radical (unpaired) electrons. The van der Waals surface area contributed by atoms with Crippen molar-refractivity contribution in [1.82, 2.24) is 10.3 Å². The maximum atomic E-state index is 12.0. The van der Waals surface area contributed by atoms with Crippen molar-refractivity contribution in [3.05, 3.63) is 28.5 Å². The molecule has 0 unspecified atom stereocenters. The van der Waals surface area contributed by atoms with Crippen LogP contribution >= 0.6 is 15.9 Å². The number of nitrogens with one attached hydrogen (secondary N) is 1. The Kier molecular flexibility index (Phi) is 4.93. The first-order chi connectivity index (χ1) is 9.15. The molecule has 1 aliphatic carbocycles. The van der Waals surface area contributed by atoms with Crippen molar-refractivity contribution in [2.24, 2.45) is 5.41 Å². The molecule has 1 aliphatic rings. The van der Waals surface area contributed by atoms with Crippen molar-refractivity contribution in [3.63, 3.8) is 0 Å². The standard InChI is InChI=1S/C14H19BrN2O2/c15-11-4-5-12(16-8-11)13(19)17-9-14(10-18)6-2-1-3-7-14/h4-5,8,18H,1-3,6-7,9-10H2,(H,17,19). The lowest BCUT2D eigenvalue weighted by Gasteiger charge is -2.35. The number of amides is 1. The van der Waals surface area contributed by atoms with Gasteiger partial charge in [0.2, 0.25) is 0 Å². The van der Waals surface area contributed by atoms with Crippen LogP contribution in [0.2, 0.25) is 0 Å². The van der Waals surface area contributed by atoms with Gasteiger partial charge in [-0.2, -0.15) is 0 Å². The molecule has 1 aromatic rings. The van der Waals surface area contributed by atoms with Gasteiger partial charge in [-0.1, -0.05) is 19.3 Å². The third-order valence-corrected chi connectivity index (χ3v) is 4.30. The van der Waals surface area contributed by atoms with Crippen LogP contribution in [0.3, 0.4) is 0 Å². The van der Waals surface area contributed by atoms with Crippen molar-refractivity contribution < 1.29 is 9.90 Å². The van der Waals surface area contributed by atoms with Gasteiger partial charge in [-0.3, -0.25) is 4.79 Å². The van der Waals surface area contributed by atoms with Crippen LogP contribution in [0.15, 0.2) is 22.8 Å². The highest BCUT2D eigenvalue weighted by Crippen LogP contribution is 2.35. The van der Waals surface area contributed by atoms with Gasteiger partial charge in [0.1, 0.15) is 5.69 Å². The highest BCUT2D eigenvalue weighted by molar-refractivity contribution is 9.10. The molecule has 104 valence electrons. The van der Waals surface area contributed by atoms with E-state index in [0.717, 1.165) is 30.2 Å². The van der Waals surface area contributed by atoms with E-state index >= 15 is 0 Å². The second-order valence-electron chi connectivity index (χ2n) is 5.26. The predicted molar refractivity (Wildman–Crippen MR) is 76.9 cm³/mol. The number of rotatable bonds is 4. The summed E-state index contributed by atoms with van der Waals surface area (Å²) in [5, 5.41) is 12.5. The van der Waals surface area contributed by atoms with Gasteiger partial charge in [-0.25, -0.2) is 4.98 Å². The maximum Gasteiger partial charge on any atom is 0.269 e. The van der Waals surface area contributed by atoms with Gasteiger partial charge in [-0.15, -0.1) is 0 Å². The van der Waals surface area contributed by atoms with Crippen LogP contribution in [0.1, 0.15) is 42.6 Å². The van der Waals surface area contributed by atoms with Gasteiger partial charge in [0.15, 0.2) is 0 Å². The van der Waals surface area contributed by atoms with Crippen molar-refractivity contribution >= 4 is 21.8 Å². The summed E-state index contributed by atoms with van der Waals surface area (Å²) < 4.78 is 0.850. The molecule has 0 saturated heterocycles. The van der Waals surface area contributed by atoms with E-state index in [-0.39, 0.29) is 17.9 Å². The summed E-state index contributed by atoms with van der Waals surface area (Å²) in [4.78, 5) is 16.1. The van der Waals surface area contributed by atoms with Crippen LogP contribution in [-0.4, -0.2) is 29.1 Å². The normalized spacial score (nSPS) is 18.0. The Labute approximate surface area is 121 Å². The lowest BCUT2D eigenvalue weighted by molar-refractivity contribution is 0.0715. The average Bonchev–Trinajstić information content (AvgIpc) is 2.46. The van der Waals surface area contributed by atoms with E-state index in [2.05, 4.69) is 26.2 Å². The molecule has 2 N–H and O–H groups in total. The Morgan fingerprint density at radius 1 is 1.37 bits per heavy atom. The number of nitrogens with zero attached hydrogens (tertiary/aromatic N) is 1. The third-order valence-electron chi connectivity index (χ3n) is 3.83. The molecule has 5 heteroatoms. The monoisotopic (exact) mass is 326 g/mol. The summed E-state index contributed by atoms with van der Waals surface area (Å²) >= 11 is 3.29. The molecule has 0 spiro atoms. The summed E-state index contributed by atoms with van der Waals surface area (Å²) in [6, 6.07) is 3.48. The van der Waals surface area contributed by atoms with Crippen LogP contribution in [0.25, 0.3) is 0 Å². The predicted octanol–water partition coefficient (Wildman–Crippen LogP) is 2.52. The van der Waals surface area contributed by atoms with Crippen molar-refractivity contribution in [2.75, 3.05) is 13.2 Å². The quantitative estimate of drug-likeness (QED) is 0.893. The van der Waals surface area contributed by atoms with E-state index < -0.39 is 0 Å². The van der Waals surface area contributed by atoms with Crippen molar-refractivity contribution in [2.45, 2.75) is 32.1 Å². The second kappa shape index (κ2) is 6.48. The molecule has 4 nitrogen and oxygen atoms in total. The average molecular weight is 327 g/mol. The third kappa shape index (κ3) is 3.76. The number of aromatic nitrogens is 1. The summed E-state index contributed by atoms with van der Waals surface area (Å²) in [6.07, 6.45) is 7.07. The van der Waals surface area contributed by atoms with Gasteiger partial charge in [0.25, 0.3) is 5.91 Å². The zero-order valence-electron chi connectivity index (χ0n) is 10.9. The summed E-state index contributed by atoms with van der Waals surface area (Å²) in [7, 11) is 0. The van der Waals surface area contributed by atoms with Gasteiger partial charge in [0, 0.05) is 22.6 Å². The van der Waals surface area contributed by atoms with Crippen LogP contribution in [0.5, 0.6) is 0 Å². The number of hydrogen-bond donors (Lipinski definition) is 2. The van der Waals surface area contributed by atoms with Gasteiger partial charge in [0.05, 0.1) is 6.61 Å². The first kappa shape index (κ1) is 14.5. The number of hydrogen-bond acceptors (Lipinski definition) is 3. The zero-order valence-corrected chi connectivity index (χ0v) is 12.4. The summed E-state index contributed by atoms with van der Waals surface area (Å²) in [5.41, 5.74) is 0.274. The Morgan fingerprint density at radius 3 is 2.68 bits per heavy atom. The molecule has 0 aromatic carbocycles. The van der Waals surface area contributed by atoms with E-state index in [1.807, 2.05) is 0 Å². The lowest BCUT2D eigenvalue weighted by atomic mass is 9.74. The first-order valence-electron chi connectivity index (χ1n) is 6.66. The molecular weight excluding hydrogens is 308 g/mol. The molecule has 2 rings (SSSR count). The van der Waals surface area contributed by atoms with E-state index in [4.69, 9.17) is 0 Å².